The van der Waals surface area contributed by atoms with Crippen LogP contribution >= 0.6 is 0 Å². The number of H-pyrrole nitrogens is 1. The van der Waals surface area contributed by atoms with E-state index in [0.29, 0.717) is 22.7 Å². The number of hydrogen-bond donors (Lipinski definition) is 2. The number of rotatable bonds is 6. The number of hydrogen-bond acceptors (Lipinski definition) is 4. The monoisotopic (exact) mass is 444 g/mol. The van der Waals surface area contributed by atoms with Gasteiger partial charge in [-0.05, 0) is 49.4 Å². The predicted molar refractivity (Wildman–Crippen MR) is 124 cm³/mol. The molecule has 0 bridgehead atoms. The molecule has 0 radical (unpaired) electrons. The summed E-state index contributed by atoms with van der Waals surface area (Å²) in [6.45, 7) is 1.69. The number of aromatic nitrogens is 2. The Labute approximate surface area is 189 Å². The minimum absolute atomic E-state index is 0.0118. The number of amides is 1. The molecular weight excluding hydrogens is 423 g/mol. The topological polar surface area (TPSA) is 88.5 Å². The van der Waals surface area contributed by atoms with Crippen molar-refractivity contribution in [1.82, 2.24) is 15.2 Å². The van der Waals surface area contributed by atoms with Gasteiger partial charge in [0.15, 0.2) is 0 Å². The van der Waals surface area contributed by atoms with Gasteiger partial charge in [-0.25, -0.2) is 14.5 Å². The van der Waals surface area contributed by atoms with Crippen molar-refractivity contribution in [3.05, 3.63) is 117 Å². The number of carbonyl (C=O) groups excluding carboxylic acids is 1. The Balaban J connectivity index is 1.80. The molecule has 0 unspecified atom stereocenters. The van der Waals surface area contributed by atoms with Gasteiger partial charge in [0.1, 0.15) is 17.3 Å². The molecule has 0 spiro atoms. The summed E-state index contributed by atoms with van der Waals surface area (Å²) in [6, 6.07) is 21.5. The highest BCUT2D eigenvalue weighted by molar-refractivity contribution is 6.14. The fourth-order valence-electron chi connectivity index (χ4n) is 3.42. The molecule has 0 fully saturated rings. The van der Waals surface area contributed by atoms with Crippen molar-refractivity contribution in [1.29, 1.82) is 0 Å². The number of ether oxygens (including phenoxy) is 1. The Bertz CT molecular complexity index is 1390. The van der Waals surface area contributed by atoms with E-state index >= 15 is 0 Å². The summed E-state index contributed by atoms with van der Waals surface area (Å²) in [6.07, 6.45) is 0. The van der Waals surface area contributed by atoms with Crippen LogP contribution in [0, 0.1) is 12.7 Å². The Morgan fingerprint density at radius 1 is 1.03 bits per heavy atom. The van der Waals surface area contributed by atoms with Gasteiger partial charge in [0.25, 0.3) is 11.5 Å². The number of carbonyl (C=O) groups is 1. The SMILES string of the molecule is COc1cccc(C(=O)N/N=C(/c2ccccc2F)c2c(C)[nH]n(-c3ccccc3)c2=O)c1. The number of aryl methyl sites for hydroxylation is 1. The first kappa shape index (κ1) is 21.8. The smallest absolute Gasteiger partial charge is 0.281 e. The van der Waals surface area contributed by atoms with Gasteiger partial charge in [0.2, 0.25) is 0 Å². The normalized spacial score (nSPS) is 11.3. The van der Waals surface area contributed by atoms with E-state index in [1.165, 1.54) is 30.0 Å². The molecule has 1 aromatic heterocycles. The number of hydrazone groups is 1. The standard InChI is InChI=1S/C25H21FN4O3/c1-16-22(25(32)30(29-16)18-10-4-3-5-11-18)23(20-13-6-7-14-21(20)26)27-28-24(31)17-9-8-12-19(15-17)33-2/h3-15,29H,1-2H3,(H,28,31)/b27-23-. The molecule has 33 heavy (non-hydrogen) atoms. The number of aromatic amines is 1. The summed E-state index contributed by atoms with van der Waals surface area (Å²) in [5, 5.41) is 7.19. The van der Waals surface area contributed by atoms with E-state index in [4.69, 9.17) is 4.74 Å². The molecule has 0 atom stereocenters. The zero-order chi connectivity index (χ0) is 23.4. The fourth-order valence-corrected chi connectivity index (χ4v) is 3.42. The zero-order valence-corrected chi connectivity index (χ0v) is 18.0. The van der Waals surface area contributed by atoms with Crippen LogP contribution in [-0.2, 0) is 0 Å². The number of nitrogens with zero attached hydrogens (tertiary/aromatic N) is 2. The quantitative estimate of drug-likeness (QED) is 0.350. The van der Waals surface area contributed by atoms with Crippen molar-refractivity contribution >= 4 is 11.6 Å². The molecule has 7 nitrogen and oxygen atoms in total. The summed E-state index contributed by atoms with van der Waals surface area (Å²) in [5.74, 6) is -0.592. The molecule has 0 aliphatic heterocycles. The minimum atomic E-state index is -0.571. The molecule has 0 saturated heterocycles. The van der Waals surface area contributed by atoms with Crippen LogP contribution in [0.2, 0.25) is 0 Å². The van der Waals surface area contributed by atoms with Gasteiger partial charge in [-0.1, -0.05) is 36.4 Å². The highest BCUT2D eigenvalue weighted by atomic mass is 19.1. The van der Waals surface area contributed by atoms with Crippen molar-refractivity contribution < 1.29 is 13.9 Å². The molecule has 1 heterocycles. The summed E-state index contributed by atoms with van der Waals surface area (Å²) in [5.41, 5.74) is 3.66. The molecule has 4 aromatic rings. The van der Waals surface area contributed by atoms with Crippen molar-refractivity contribution in [2.75, 3.05) is 7.11 Å². The Hall–Kier alpha value is -4.46. The van der Waals surface area contributed by atoms with Crippen LogP contribution in [0.4, 0.5) is 4.39 Å². The maximum atomic E-state index is 14.7. The molecular formula is C25H21FN4O3. The van der Waals surface area contributed by atoms with Gasteiger partial charge in [-0.15, -0.1) is 0 Å². The van der Waals surface area contributed by atoms with Gasteiger partial charge in [-0.2, -0.15) is 5.10 Å². The average molecular weight is 444 g/mol. The fraction of sp³-hybridized carbons (Fsp3) is 0.0800. The molecule has 166 valence electrons. The largest absolute Gasteiger partial charge is 0.497 e. The third kappa shape index (κ3) is 4.45. The maximum Gasteiger partial charge on any atom is 0.281 e. The van der Waals surface area contributed by atoms with Gasteiger partial charge in [0, 0.05) is 16.8 Å². The van der Waals surface area contributed by atoms with E-state index in [1.807, 2.05) is 6.07 Å². The van der Waals surface area contributed by atoms with E-state index in [9.17, 15) is 14.0 Å². The summed E-state index contributed by atoms with van der Waals surface area (Å²) in [4.78, 5) is 26.0. The lowest BCUT2D eigenvalue weighted by Gasteiger charge is -2.08. The molecule has 1 amide bonds. The average Bonchev–Trinajstić information content (AvgIpc) is 3.14. The third-order valence-corrected chi connectivity index (χ3v) is 5.05. The van der Waals surface area contributed by atoms with Crippen LogP contribution < -0.4 is 15.7 Å². The highest BCUT2D eigenvalue weighted by Crippen LogP contribution is 2.17. The Morgan fingerprint density at radius 3 is 2.48 bits per heavy atom. The van der Waals surface area contributed by atoms with Crippen LogP contribution in [0.3, 0.4) is 0 Å². The van der Waals surface area contributed by atoms with E-state index in [1.54, 1.807) is 61.5 Å². The minimum Gasteiger partial charge on any atom is -0.497 e. The van der Waals surface area contributed by atoms with Crippen molar-refractivity contribution in [3.8, 4) is 11.4 Å². The second-order valence-corrected chi connectivity index (χ2v) is 7.20. The van der Waals surface area contributed by atoms with E-state index < -0.39 is 17.3 Å². The van der Waals surface area contributed by atoms with E-state index in [-0.39, 0.29) is 16.8 Å². The molecule has 8 heteroatoms. The summed E-state index contributed by atoms with van der Waals surface area (Å²) >= 11 is 0. The van der Waals surface area contributed by atoms with E-state index in [0.717, 1.165) is 0 Å². The number of halogens is 1. The second kappa shape index (κ2) is 9.35. The van der Waals surface area contributed by atoms with Gasteiger partial charge in [0.05, 0.1) is 18.4 Å². The van der Waals surface area contributed by atoms with Crippen LogP contribution in [0.5, 0.6) is 5.75 Å². The zero-order valence-electron chi connectivity index (χ0n) is 18.0. The number of benzene rings is 3. The second-order valence-electron chi connectivity index (χ2n) is 7.20. The van der Waals surface area contributed by atoms with Gasteiger partial charge < -0.3 is 4.74 Å². The van der Waals surface area contributed by atoms with Crippen molar-refractivity contribution in [3.63, 3.8) is 0 Å². The van der Waals surface area contributed by atoms with Gasteiger partial charge in [-0.3, -0.25) is 14.7 Å². The number of methoxy groups -OCH3 is 1. The molecule has 3 aromatic carbocycles. The number of nitrogens with one attached hydrogen (secondary N) is 2. The first-order chi connectivity index (χ1) is 16.0. The van der Waals surface area contributed by atoms with Crippen molar-refractivity contribution in [2.24, 2.45) is 5.10 Å². The third-order valence-electron chi connectivity index (χ3n) is 5.05. The van der Waals surface area contributed by atoms with E-state index in [2.05, 4.69) is 15.6 Å². The highest BCUT2D eigenvalue weighted by Gasteiger charge is 2.22. The lowest BCUT2D eigenvalue weighted by Crippen LogP contribution is -2.26. The Kier molecular flexibility index (Phi) is 6.17. The van der Waals surface area contributed by atoms with Crippen LogP contribution in [0.1, 0.15) is 27.2 Å². The first-order valence-corrected chi connectivity index (χ1v) is 10.1. The summed E-state index contributed by atoms with van der Waals surface area (Å²) in [7, 11) is 1.50. The summed E-state index contributed by atoms with van der Waals surface area (Å²) < 4.78 is 21.2. The van der Waals surface area contributed by atoms with Crippen LogP contribution in [0.15, 0.2) is 88.8 Å². The number of para-hydroxylation sites is 1. The molecule has 4 rings (SSSR count). The molecule has 2 N–H and O–H groups in total. The van der Waals surface area contributed by atoms with Crippen LogP contribution in [-0.4, -0.2) is 28.5 Å². The lowest BCUT2D eigenvalue weighted by atomic mass is 10.0. The molecule has 0 saturated carbocycles. The Morgan fingerprint density at radius 2 is 1.76 bits per heavy atom. The molecule has 0 aliphatic rings. The predicted octanol–water partition coefficient (Wildman–Crippen LogP) is 3.80. The molecule has 0 aliphatic carbocycles. The van der Waals surface area contributed by atoms with Gasteiger partial charge >= 0.3 is 0 Å². The maximum absolute atomic E-state index is 14.7. The van der Waals surface area contributed by atoms with Crippen LogP contribution in [0.25, 0.3) is 5.69 Å². The lowest BCUT2D eigenvalue weighted by molar-refractivity contribution is 0.0954. The van der Waals surface area contributed by atoms with Crippen molar-refractivity contribution in [2.45, 2.75) is 6.92 Å². The first-order valence-electron chi connectivity index (χ1n) is 10.1.